The van der Waals surface area contributed by atoms with Gasteiger partial charge in [0.2, 0.25) is 0 Å². The molecule has 0 saturated heterocycles. The zero-order chi connectivity index (χ0) is 8.20. The van der Waals surface area contributed by atoms with E-state index in [1.54, 1.807) is 0 Å². The zero-order valence-electron chi connectivity index (χ0n) is 7.02. The number of aliphatic hydroxyl groups excluding tert-OH is 1. The summed E-state index contributed by atoms with van der Waals surface area (Å²) in [6.45, 7) is 10.2. The maximum Gasteiger partial charge on any atom is 0.0842 e. The SMILES string of the molecule is C=CC(O)CNC(C)(C)C. The Balaban J connectivity index is 3.45. The quantitative estimate of drug-likeness (QED) is 0.576. The van der Waals surface area contributed by atoms with Gasteiger partial charge >= 0.3 is 0 Å². The molecule has 0 bridgehead atoms. The molecule has 1 atom stereocenters. The van der Waals surface area contributed by atoms with Crippen LogP contribution >= 0.6 is 0 Å². The van der Waals surface area contributed by atoms with Gasteiger partial charge in [0.05, 0.1) is 6.10 Å². The summed E-state index contributed by atoms with van der Waals surface area (Å²) in [5.41, 5.74) is 0.0734. The lowest BCUT2D eigenvalue weighted by Crippen LogP contribution is -2.40. The van der Waals surface area contributed by atoms with Gasteiger partial charge < -0.3 is 10.4 Å². The minimum absolute atomic E-state index is 0.0734. The van der Waals surface area contributed by atoms with Crippen molar-refractivity contribution in [2.45, 2.75) is 32.4 Å². The number of hydrogen-bond donors (Lipinski definition) is 2. The first-order chi connectivity index (χ1) is 4.45. The van der Waals surface area contributed by atoms with Crippen molar-refractivity contribution in [1.29, 1.82) is 0 Å². The van der Waals surface area contributed by atoms with Gasteiger partial charge in [0.25, 0.3) is 0 Å². The number of β-amino-alcohol motifs (C(OH)–C–C–N with tert-alkyl or cyclic N) is 1. The highest BCUT2D eigenvalue weighted by Crippen LogP contribution is 1.97. The number of aliphatic hydroxyl groups is 1. The Bertz CT molecular complexity index is 104. The first kappa shape index (κ1) is 9.66. The molecular formula is C8H17NO. The van der Waals surface area contributed by atoms with E-state index >= 15 is 0 Å². The van der Waals surface area contributed by atoms with Crippen molar-refractivity contribution in [3.8, 4) is 0 Å². The lowest BCUT2D eigenvalue weighted by atomic mass is 10.1. The number of hydrogen-bond acceptors (Lipinski definition) is 2. The normalized spacial score (nSPS) is 14.8. The number of rotatable bonds is 3. The molecule has 0 aromatic carbocycles. The van der Waals surface area contributed by atoms with Crippen LogP contribution in [0.3, 0.4) is 0 Å². The monoisotopic (exact) mass is 143 g/mol. The molecule has 0 saturated carbocycles. The van der Waals surface area contributed by atoms with Crippen LogP contribution in [0.5, 0.6) is 0 Å². The van der Waals surface area contributed by atoms with Crippen molar-refractivity contribution >= 4 is 0 Å². The van der Waals surface area contributed by atoms with Crippen molar-refractivity contribution < 1.29 is 5.11 Å². The molecule has 2 N–H and O–H groups in total. The fraction of sp³-hybridized carbons (Fsp3) is 0.750. The van der Waals surface area contributed by atoms with Crippen LogP contribution in [0.4, 0.5) is 0 Å². The molecular weight excluding hydrogens is 126 g/mol. The van der Waals surface area contributed by atoms with Gasteiger partial charge in [0, 0.05) is 12.1 Å². The molecule has 0 heterocycles. The Hall–Kier alpha value is -0.340. The molecule has 0 amide bonds. The van der Waals surface area contributed by atoms with Crippen molar-refractivity contribution in [2.75, 3.05) is 6.54 Å². The van der Waals surface area contributed by atoms with E-state index in [9.17, 15) is 0 Å². The van der Waals surface area contributed by atoms with E-state index in [1.807, 2.05) is 0 Å². The van der Waals surface area contributed by atoms with E-state index < -0.39 is 6.10 Å². The van der Waals surface area contributed by atoms with E-state index in [0.717, 1.165) is 0 Å². The molecule has 0 radical (unpaired) electrons. The highest BCUT2D eigenvalue weighted by atomic mass is 16.3. The largest absolute Gasteiger partial charge is 0.388 e. The van der Waals surface area contributed by atoms with Crippen molar-refractivity contribution in [2.24, 2.45) is 0 Å². The van der Waals surface area contributed by atoms with Crippen LogP contribution in [0.25, 0.3) is 0 Å². The first-order valence-corrected chi connectivity index (χ1v) is 3.51. The van der Waals surface area contributed by atoms with Gasteiger partial charge in [-0.05, 0) is 20.8 Å². The summed E-state index contributed by atoms with van der Waals surface area (Å²) in [7, 11) is 0. The molecule has 10 heavy (non-hydrogen) atoms. The molecule has 0 aliphatic carbocycles. The Morgan fingerprint density at radius 1 is 1.60 bits per heavy atom. The van der Waals surface area contributed by atoms with Crippen molar-refractivity contribution in [3.63, 3.8) is 0 Å². The highest BCUT2D eigenvalue weighted by molar-refractivity contribution is 4.82. The smallest absolute Gasteiger partial charge is 0.0842 e. The van der Waals surface area contributed by atoms with Gasteiger partial charge in [0.15, 0.2) is 0 Å². The molecule has 0 aromatic heterocycles. The molecule has 0 aliphatic rings. The van der Waals surface area contributed by atoms with Crippen LogP contribution in [0.1, 0.15) is 20.8 Å². The Morgan fingerprint density at radius 3 is 2.40 bits per heavy atom. The lowest BCUT2D eigenvalue weighted by molar-refractivity contribution is 0.205. The highest BCUT2D eigenvalue weighted by Gasteiger charge is 2.09. The Morgan fingerprint density at radius 2 is 2.10 bits per heavy atom. The van der Waals surface area contributed by atoms with Crippen LogP contribution in [0.2, 0.25) is 0 Å². The van der Waals surface area contributed by atoms with Gasteiger partial charge in [-0.15, -0.1) is 6.58 Å². The number of nitrogens with one attached hydrogen (secondary N) is 1. The summed E-state index contributed by atoms with van der Waals surface area (Å²) in [6, 6.07) is 0. The predicted molar refractivity (Wildman–Crippen MR) is 44.0 cm³/mol. The van der Waals surface area contributed by atoms with E-state index in [0.29, 0.717) is 6.54 Å². The molecule has 0 aliphatic heterocycles. The summed E-state index contributed by atoms with van der Waals surface area (Å²) >= 11 is 0. The second-order valence-electron chi connectivity index (χ2n) is 3.43. The maximum atomic E-state index is 9.04. The summed E-state index contributed by atoms with van der Waals surface area (Å²) in [4.78, 5) is 0. The van der Waals surface area contributed by atoms with Crippen LogP contribution < -0.4 is 5.32 Å². The first-order valence-electron chi connectivity index (χ1n) is 3.51. The predicted octanol–water partition coefficient (Wildman–Crippen LogP) is 0.921. The van der Waals surface area contributed by atoms with E-state index in [1.165, 1.54) is 6.08 Å². The molecule has 0 aromatic rings. The lowest BCUT2D eigenvalue weighted by Gasteiger charge is -2.21. The third kappa shape index (κ3) is 5.79. The molecule has 1 unspecified atom stereocenters. The van der Waals surface area contributed by atoms with Gasteiger partial charge in [-0.25, -0.2) is 0 Å². The topological polar surface area (TPSA) is 32.3 Å². The van der Waals surface area contributed by atoms with Gasteiger partial charge in [-0.1, -0.05) is 6.08 Å². The standard InChI is InChI=1S/C8H17NO/c1-5-7(10)6-9-8(2,3)4/h5,7,9-10H,1,6H2,2-4H3. The zero-order valence-corrected chi connectivity index (χ0v) is 7.02. The summed E-state index contributed by atoms with van der Waals surface area (Å²) in [6.07, 6.45) is 1.10. The second kappa shape index (κ2) is 3.74. The second-order valence-corrected chi connectivity index (χ2v) is 3.43. The minimum atomic E-state index is -0.431. The minimum Gasteiger partial charge on any atom is -0.388 e. The van der Waals surface area contributed by atoms with Gasteiger partial charge in [-0.2, -0.15) is 0 Å². The Labute approximate surface area is 62.9 Å². The average Bonchev–Trinajstić information content (AvgIpc) is 1.81. The van der Waals surface area contributed by atoms with Gasteiger partial charge in [0.1, 0.15) is 0 Å². The van der Waals surface area contributed by atoms with E-state index in [2.05, 4.69) is 32.7 Å². The van der Waals surface area contributed by atoms with Crippen molar-refractivity contribution in [1.82, 2.24) is 5.32 Å². The van der Waals surface area contributed by atoms with Crippen LogP contribution in [0.15, 0.2) is 12.7 Å². The molecule has 0 spiro atoms. The fourth-order valence-corrected chi connectivity index (χ4v) is 0.494. The molecule has 2 nitrogen and oxygen atoms in total. The van der Waals surface area contributed by atoms with Gasteiger partial charge in [-0.3, -0.25) is 0 Å². The molecule has 2 heteroatoms. The molecule has 60 valence electrons. The third-order valence-electron chi connectivity index (χ3n) is 1.11. The summed E-state index contributed by atoms with van der Waals surface area (Å²) in [5.74, 6) is 0. The third-order valence-corrected chi connectivity index (χ3v) is 1.11. The average molecular weight is 143 g/mol. The molecule has 0 fully saturated rings. The van der Waals surface area contributed by atoms with Crippen LogP contribution in [0, 0.1) is 0 Å². The molecule has 0 rings (SSSR count). The summed E-state index contributed by atoms with van der Waals surface area (Å²) in [5, 5.41) is 12.2. The fourth-order valence-electron chi connectivity index (χ4n) is 0.494. The Kier molecular flexibility index (Phi) is 3.61. The van der Waals surface area contributed by atoms with Crippen LogP contribution in [-0.2, 0) is 0 Å². The maximum absolute atomic E-state index is 9.04. The van der Waals surface area contributed by atoms with E-state index in [-0.39, 0.29) is 5.54 Å². The van der Waals surface area contributed by atoms with Crippen LogP contribution in [-0.4, -0.2) is 23.3 Å². The van der Waals surface area contributed by atoms with E-state index in [4.69, 9.17) is 5.11 Å². The summed E-state index contributed by atoms with van der Waals surface area (Å²) < 4.78 is 0. The van der Waals surface area contributed by atoms with Crippen molar-refractivity contribution in [3.05, 3.63) is 12.7 Å².